The van der Waals surface area contributed by atoms with E-state index in [1.54, 1.807) is 0 Å². The largest absolute Gasteiger partial charge is 0.392 e. The quantitative estimate of drug-likeness (QED) is 0.796. The first-order chi connectivity index (χ1) is 9.91. The number of carbonyl (C=O) groups excluding carboxylic acids is 1. The second-order valence-corrected chi connectivity index (χ2v) is 8.22. The van der Waals surface area contributed by atoms with Gasteiger partial charge in [-0.2, -0.15) is 11.8 Å². The molecule has 0 radical (unpaired) electrons. The summed E-state index contributed by atoms with van der Waals surface area (Å²) in [5.41, 5.74) is 5.57. The SMILES string of the molecule is CC(C)(C(N)=S)N1CCN(C(=O)CC2CCSCC2)CC1. The summed E-state index contributed by atoms with van der Waals surface area (Å²) in [7, 11) is 0. The monoisotopic (exact) mass is 329 g/mol. The maximum Gasteiger partial charge on any atom is 0.222 e. The molecule has 0 aromatic rings. The Balaban J connectivity index is 1.80. The highest BCUT2D eigenvalue weighted by molar-refractivity contribution is 7.99. The number of hydrogen-bond acceptors (Lipinski definition) is 4. The first-order valence-electron chi connectivity index (χ1n) is 7.81. The van der Waals surface area contributed by atoms with Gasteiger partial charge in [-0.25, -0.2) is 0 Å². The molecule has 0 atom stereocenters. The van der Waals surface area contributed by atoms with Crippen molar-refractivity contribution < 1.29 is 4.79 Å². The van der Waals surface area contributed by atoms with Gasteiger partial charge in [0.1, 0.15) is 0 Å². The minimum absolute atomic E-state index is 0.259. The number of piperazine rings is 1. The lowest BCUT2D eigenvalue weighted by atomic mass is 9.97. The number of amides is 1. The molecule has 2 N–H and O–H groups in total. The molecule has 2 aliphatic rings. The summed E-state index contributed by atoms with van der Waals surface area (Å²) in [6.45, 7) is 7.44. The lowest BCUT2D eigenvalue weighted by Crippen LogP contribution is -2.59. The van der Waals surface area contributed by atoms with Crippen molar-refractivity contribution in [3.63, 3.8) is 0 Å². The molecule has 2 fully saturated rings. The third-order valence-electron chi connectivity index (χ3n) is 4.83. The Kier molecular flexibility index (Phi) is 5.91. The van der Waals surface area contributed by atoms with Gasteiger partial charge in [0, 0.05) is 32.6 Å². The summed E-state index contributed by atoms with van der Waals surface area (Å²) in [6.07, 6.45) is 3.13. The Bertz CT molecular complexity index is 386. The molecule has 21 heavy (non-hydrogen) atoms. The molecule has 0 aliphatic carbocycles. The second kappa shape index (κ2) is 7.29. The van der Waals surface area contributed by atoms with Gasteiger partial charge < -0.3 is 10.6 Å². The van der Waals surface area contributed by atoms with Crippen molar-refractivity contribution in [2.24, 2.45) is 11.7 Å². The van der Waals surface area contributed by atoms with E-state index in [0.717, 1.165) is 32.6 Å². The average molecular weight is 330 g/mol. The van der Waals surface area contributed by atoms with E-state index in [1.165, 1.54) is 24.3 Å². The third-order valence-corrected chi connectivity index (χ3v) is 6.38. The highest BCUT2D eigenvalue weighted by Crippen LogP contribution is 2.26. The van der Waals surface area contributed by atoms with E-state index >= 15 is 0 Å². The zero-order valence-corrected chi connectivity index (χ0v) is 14.8. The molecule has 4 nitrogen and oxygen atoms in total. The Morgan fingerprint density at radius 1 is 1.24 bits per heavy atom. The first-order valence-corrected chi connectivity index (χ1v) is 9.38. The maximum absolute atomic E-state index is 12.4. The van der Waals surface area contributed by atoms with E-state index in [-0.39, 0.29) is 5.54 Å². The van der Waals surface area contributed by atoms with Crippen LogP contribution in [0.5, 0.6) is 0 Å². The smallest absolute Gasteiger partial charge is 0.222 e. The van der Waals surface area contributed by atoms with Gasteiger partial charge >= 0.3 is 0 Å². The van der Waals surface area contributed by atoms with Gasteiger partial charge in [-0.15, -0.1) is 0 Å². The normalized spacial score (nSPS) is 22.3. The van der Waals surface area contributed by atoms with Crippen molar-refractivity contribution >= 4 is 34.9 Å². The van der Waals surface area contributed by atoms with Gasteiger partial charge in [-0.1, -0.05) is 12.2 Å². The molecule has 0 bridgehead atoms. The molecule has 2 rings (SSSR count). The van der Waals surface area contributed by atoms with Gasteiger partial charge in [0.2, 0.25) is 5.91 Å². The number of carbonyl (C=O) groups is 1. The van der Waals surface area contributed by atoms with Crippen LogP contribution < -0.4 is 5.73 Å². The second-order valence-electron chi connectivity index (χ2n) is 6.55. The van der Waals surface area contributed by atoms with Crippen molar-refractivity contribution in [2.75, 3.05) is 37.7 Å². The topological polar surface area (TPSA) is 49.6 Å². The molecule has 2 heterocycles. The highest BCUT2D eigenvalue weighted by Gasteiger charge is 2.33. The molecular weight excluding hydrogens is 302 g/mol. The molecule has 6 heteroatoms. The molecule has 0 unspecified atom stereocenters. The van der Waals surface area contributed by atoms with Gasteiger partial charge in [-0.05, 0) is 44.1 Å². The lowest BCUT2D eigenvalue weighted by molar-refractivity contribution is -0.134. The molecule has 0 saturated carbocycles. The summed E-state index contributed by atoms with van der Waals surface area (Å²) in [6, 6.07) is 0. The number of nitrogens with zero attached hydrogens (tertiary/aromatic N) is 2. The summed E-state index contributed by atoms with van der Waals surface area (Å²) in [4.78, 5) is 17.2. The summed E-state index contributed by atoms with van der Waals surface area (Å²) >= 11 is 7.17. The van der Waals surface area contributed by atoms with Crippen molar-refractivity contribution in [1.29, 1.82) is 0 Å². The zero-order chi connectivity index (χ0) is 15.5. The van der Waals surface area contributed by atoms with Crippen LogP contribution in [0.2, 0.25) is 0 Å². The minimum atomic E-state index is -0.259. The first kappa shape index (κ1) is 17.0. The summed E-state index contributed by atoms with van der Waals surface area (Å²) in [5.74, 6) is 3.37. The zero-order valence-electron chi connectivity index (χ0n) is 13.1. The minimum Gasteiger partial charge on any atom is -0.392 e. The van der Waals surface area contributed by atoms with Crippen molar-refractivity contribution in [3.8, 4) is 0 Å². The van der Waals surface area contributed by atoms with Crippen LogP contribution in [-0.2, 0) is 4.79 Å². The molecule has 0 aromatic heterocycles. The number of rotatable bonds is 4. The van der Waals surface area contributed by atoms with Crippen molar-refractivity contribution in [2.45, 2.75) is 38.6 Å². The van der Waals surface area contributed by atoms with E-state index in [0.29, 0.717) is 16.8 Å². The summed E-state index contributed by atoms with van der Waals surface area (Å²) in [5, 5.41) is 0. The molecule has 2 saturated heterocycles. The molecule has 0 aromatic carbocycles. The Labute approximate surface area is 137 Å². The van der Waals surface area contributed by atoms with Crippen LogP contribution in [0.25, 0.3) is 0 Å². The Morgan fingerprint density at radius 2 is 1.81 bits per heavy atom. The van der Waals surface area contributed by atoms with Crippen LogP contribution in [0.1, 0.15) is 33.1 Å². The number of thioether (sulfide) groups is 1. The van der Waals surface area contributed by atoms with E-state index in [1.807, 2.05) is 16.7 Å². The molecule has 120 valence electrons. The summed E-state index contributed by atoms with van der Waals surface area (Å²) < 4.78 is 0. The lowest BCUT2D eigenvalue weighted by Gasteiger charge is -2.43. The molecular formula is C15H27N3OS2. The fourth-order valence-electron chi connectivity index (χ4n) is 3.00. The van der Waals surface area contributed by atoms with Crippen LogP contribution in [0.3, 0.4) is 0 Å². The Hall–Kier alpha value is -0.330. The van der Waals surface area contributed by atoms with E-state index in [4.69, 9.17) is 18.0 Å². The fourth-order valence-corrected chi connectivity index (χ4v) is 4.33. The predicted molar refractivity (Wildman–Crippen MR) is 93.7 cm³/mol. The van der Waals surface area contributed by atoms with Gasteiger partial charge in [-0.3, -0.25) is 9.69 Å². The van der Waals surface area contributed by atoms with E-state index in [9.17, 15) is 4.79 Å². The molecule has 0 spiro atoms. The average Bonchev–Trinajstić information content (AvgIpc) is 2.48. The van der Waals surface area contributed by atoms with E-state index < -0.39 is 0 Å². The van der Waals surface area contributed by atoms with Crippen LogP contribution in [0.4, 0.5) is 0 Å². The van der Waals surface area contributed by atoms with Crippen LogP contribution in [-0.4, -0.2) is 63.9 Å². The van der Waals surface area contributed by atoms with Crippen LogP contribution in [0.15, 0.2) is 0 Å². The van der Waals surface area contributed by atoms with Crippen LogP contribution >= 0.6 is 24.0 Å². The van der Waals surface area contributed by atoms with Crippen molar-refractivity contribution in [1.82, 2.24) is 9.80 Å². The Morgan fingerprint density at radius 3 is 2.33 bits per heavy atom. The van der Waals surface area contributed by atoms with E-state index in [2.05, 4.69) is 18.7 Å². The fraction of sp³-hybridized carbons (Fsp3) is 0.867. The highest BCUT2D eigenvalue weighted by atomic mass is 32.2. The molecule has 1 amide bonds. The van der Waals surface area contributed by atoms with Gasteiger partial charge in [0.05, 0.1) is 10.5 Å². The van der Waals surface area contributed by atoms with Crippen molar-refractivity contribution in [3.05, 3.63) is 0 Å². The number of hydrogen-bond donors (Lipinski definition) is 1. The predicted octanol–water partition coefficient (Wildman–Crippen LogP) is 1.73. The number of nitrogens with two attached hydrogens (primary N) is 1. The maximum atomic E-state index is 12.4. The van der Waals surface area contributed by atoms with Gasteiger partial charge in [0.25, 0.3) is 0 Å². The molecule has 2 aliphatic heterocycles. The van der Waals surface area contributed by atoms with Gasteiger partial charge in [0.15, 0.2) is 0 Å². The third kappa shape index (κ3) is 4.33. The standard InChI is InChI=1S/C15H27N3OS2/c1-15(2,14(16)20)18-7-5-17(6-8-18)13(19)11-12-3-9-21-10-4-12/h12H,3-11H2,1-2H3,(H2,16,20). The van der Waals surface area contributed by atoms with Crippen LogP contribution in [0, 0.1) is 5.92 Å². The number of thiocarbonyl (C=S) groups is 1.